The zero-order chi connectivity index (χ0) is 16.6. The summed E-state index contributed by atoms with van der Waals surface area (Å²) in [6.07, 6.45) is 0. The minimum Gasteiger partial charge on any atom is -0.340 e. The smallest absolute Gasteiger partial charge is 0.243 e. The van der Waals surface area contributed by atoms with Gasteiger partial charge in [0.2, 0.25) is 15.9 Å². The monoisotopic (exact) mass is 337 g/mol. The van der Waals surface area contributed by atoms with Crippen LogP contribution in [0.4, 0.5) is 0 Å². The summed E-state index contributed by atoms with van der Waals surface area (Å²) in [4.78, 5) is 14.3. The number of sulfonamides is 1. The van der Waals surface area contributed by atoms with Gasteiger partial charge in [-0.05, 0) is 37.1 Å². The number of nitrogens with one attached hydrogen (secondary N) is 1. The summed E-state index contributed by atoms with van der Waals surface area (Å²) in [5, 5.41) is 3.09. The third kappa shape index (κ3) is 3.13. The van der Waals surface area contributed by atoms with Gasteiger partial charge in [0.25, 0.3) is 0 Å². The Labute approximate surface area is 137 Å². The standard InChI is InChI=1S/C16H23N3O3S/c1-12-3-4-15(9-13(12)2)23(21,22)19-7-5-18(6-8-19)16(20)14-10-17-11-14/h3-4,9,14,17H,5-8,10-11H2,1-2H3. The molecule has 0 spiro atoms. The Morgan fingerprint density at radius 3 is 2.26 bits per heavy atom. The van der Waals surface area contributed by atoms with E-state index in [0.29, 0.717) is 31.1 Å². The molecule has 6 nitrogen and oxygen atoms in total. The molecule has 126 valence electrons. The zero-order valence-corrected chi connectivity index (χ0v) is 14.4. The number of piperazine rings is 1. The number of benzene rings is 1. The molecule has 2 fully saturated rings. The zero-order valence-electron chi connectivity index (χ0n) is 13.6. The largest absolute Gasteiger partial charge is 0.340 e. The fourth-order valence-electron chi connectivity index (χ4n) is 2.89. The normalized spacial score (nSPS) is 20.3. The molecule has 3 rings (SSSR count). The van der Waals surface area contributed by atoms with E-state index in [1.807, 2.05) is 19.9 Å². The lowest BCUT2D eigenvalue weighted by Crippen LogP contribution is -2.57. The molecular formula is C16H23N3O3S. The summed E-state index contributed by atoms with van der Waals surface area (Å²) in [7, 11) is -3.48. The highest BCUT2D eigenvalue weighted by molar-refractivity contribution is 7.89. The van der Waals surface area contributed by atoms with Crippen LogP contribution in [0, 0.1) is 19.8 Å². The number of rotatable bonds is 3. The Balaban J connectivity index is 1.68. The quantitative estimate of drug-likeness (QED) is 0.864. The average molecular weight is 337 g/mol. The first-order chi connectivity index (χ1) is 10.9. The number of carbonyl (C=O) groups excluding carboxylic acids is 1. The van der Waals surface area contributed by atoms with E-state index in [4.69, 9.17) is 0 Å². The van der Waals surface area contributed by atoms with Gasteiger partial charge in [0.1, 0.15) is 0 Å². The summed E-state index contributed by atoms with van der Waals surface area (Å²) < 4.78 is 27.0. The van der Waals surface area contributed by atoms with Crippen LogP contribution in [-0.4, -0.2) is 62.8 Å². The van der Waals surface area contributed by atoms with Crippen LogP contribution in [0.1, 0.15) is 11.1 Å². The molecule has 0 saturated carbocycles. The predicted molar refractivity (Wildman–Crippen MR) is 87.6 cm³/mol. The molecule has 0 aromatic heterocycles. The first-order valence-electron chi connectivity index (χ1n) is 7.96. The molecule has 2 aliphatic rings. The molecule has 23 heavy (non-hydrogen) atoms. The highest BCUT2D eigenvalue weighted by Crippen LogP contribution is 2.21. The van der Waals surface area contributed by atoms with Crippen molar-refractivity contribution in [2.24, 2.45) is 5.92 Å². The molecule has 0 radical (unpaired) electrons. The SMILES string of the molecule is Cc1ccc(S(=O)(=O)N2CCN(C(=O)C3CNC3)CC2)cc1C. The van der Waals surface area contributed by atoms with Crippen LogP contribution < -0.4 is 5.32 Å². The van der Waals surface area contributed by atoms with E-state index < -0.39 is 10.0 Å². The van der Waals surface area contributed by atoms with Gasteiger partial charge < -0.3 is 10.2 Å². The molecule has 2 saturated heterocycles. The minimum absolute atomic E-state index is 0.0675. The van der Waals surface area contributed by atoms with Gasteiger partial charge in [-0.1, -0.05) is 6.07 Å². The van der Waals surface area contributed by atoms with Crippen molar-refractivity contribution in [3.05, 3.63) is 29.3 Å². The van der Waals surface area contributed by atoms with E-state index in [0.717, 1.165) is 24.2 Å². The second-order valence-corrected chi connectivity index (χ2v) is 8.27. The van der Waals surface area contributed by atoms with E-state index in [2.05, 4.69) is 5.32 Å². The van der Waals surface area contributed by atoms with Crippen molar-refractivity contribution >= 4 is 15.9 Å². The second kappa shape index (κ2) is 6.22. The molecule has 0 unspecified atom stereocenters. The molecule has 0 atom stereocenters. The average Bonchev–Trinajstić information content (AvgIpc) is 2.48. The van der Waals surface area contributed by atoms with Gasteiger partial charge >= 0.3 is 0 Å². The molecule has 1 aromatic carbocycles. The van der Waals surface area contributed by atoms with Gasteiger partial charge in [-0.25, -0.2) is 8.42 Å². The van der Waals surface area contributed by atoms with Crippen molar-refractivity contribution in [3.63, 3.8) is 0 Å². The highest BCUT2D eigenvalue weighted by Gasteiger charge is 2.34. The number of nitrogens with zero attached hydrogens (tertiary/aromatic N) is 2. The van der Waals surface area contributed by atoms with Gasteiger partial charge in [0.15, 0.2) is 0 Å². The summed E-state index contributed by atoms with van der Waals surface area (Å²) in [6, 6.07) is 5.23. The summed E-state index contributed by atoms with van der Waals surface area (Å²) in [5.41, 5.74) is 2.05. The van der Waals surface area contributed by atoms with Crippen LogP contribution in [0.15, 0.2) is 23.1 Å². The molecule has 2 aliphatic heterocycles. The number of carbonyl (C=O) groups is 1. The van der Waals surface area contributed by atoms with Crippen LogP contribution in [0.5, 0.6) is 0 Å². The summed E-state index contributed by atoms with van der Waals surface area (Å²) in [5.74, 6) is 0.213. The van der Waals surface area contributed by atoms with Crippen molar-refractivity contribution in [2.45, 2.75) is 18.7 Å². The summed E-state index contributed by atoms with van der Waals surface area (Å²) in [6.45, 7) is 7.02. The van der Waals surface area contributed by atoms with E-state index >= 15 is 0 Å². The number of hydrogen-bond acceptors (Lipinski definition) is 4. The summed E-state index contributed by atoms with van der Waals surface area (Å²) >= 11 is 0. The Morgan fingerprint density at radius 2 is 1.74 bits per heavy atom. The lowest BCUT2D eigenvalue weighted by Gasteiger charge is -2.38. The van der Waals surface area contributed by atoms with E-state index in [-0.39, 0.29) is 11.8 Å². The molecule has 0 aliphatic carbocycles. The van der Waals surface area contributed by atoms with Crippen LogP contribution in [0.3, 0.4) is 0 Å². The lowest BCUT2D eigenvalue weighted by molar-refractivity contribution is -0.138. The van der Waals surface area contributed by atoms with Crippen LogP contribution in [-0.2, 0) is 14.8 Å². The van der Waals surface area contributed by atoms with E-state index in [9.17, 15) is 13.2 Å². The minimum atomic E-state index is -3.48. The Hall–Kier alpha value is -1.44. The van der Waals surface area contributed by atoms with Gasteiger partial charge in [0.05, 0.1) is 10.8 Å². The third-order valence-electron chi connectivity index (χ3n) is 4.80. The first-order valence-corrected chi connectivity index (χ1v) is 9.40. The molecule has 1 amide bonds. The van der Waals surface area contributed by atoms with Gasteiger partial charge in [-0.15, -0.1) is 0 Å². The molecule has 7 heteroatoms. The van der Waals surface area contributed by atoms with Crippen molar-refractivity contribution < 1.29 is 13.2 Å². The third-order valence-corrected chi connectivity index (χ3v) is 6.69. The van der Waals surface area contributed by atoms with Crippen LogP contribution in [0.25, 0.3) is 0 Å². The maximum Gasteiger partial charge on any atom is 0.243 e. The highest BCUT2D eigenvalue weighted by atomic mass is 32.2. The van der Waals surface area contributed by atoms with Crippen molar-refractivity contribution in [1.82, 2.24) is 14.5 Å². The Kier molecular flexibility index (Phi) is 4.44. The Morgan fingerprint density at radius 1 is 1.09 bits per heavy atom. The molecule has 1 aromatic rings. The van der Waals surface area contributed by atoms with Crippen LogP contribution >= 0.6 is 0 Å². The van der Waals surface area contributed by atoms with Crippen LogP contribution in [0.2, 0.25) is 0 Å². The molecule has 0 bridgehead atoms. The number of aryl methyl sites for hydroxylation is 2. The van der Waals surface area contributed by atoms with Gasteiger partial charge in [-0.2, -0.15) is 4.31 Å². The maximum atomic E-state index is 12.7. The fraction of sp³-hybridized carbons (Fsp3) is 0.562. The Bertz CT molecular complexity index is 705. The van der Waals surface area contributed by atoms with Gasteiger partial charge in [0, 0.05) is 39.3 Å². The van der Waals surface area contributed by atoms with Crippen molar-refractivity contribution in [1.29, 1.82) is 0 Å². The lowest BCUT2D eigenvalue weighted by atomic mass is 10.0. The fourth-order valence-corrected chi connectivity index (χ4v) is 4.40. The topological polar surface area (TPSA) is 69.7 Å². The first kappa shape index (κ1) is 16.4. The van der Waals surface area contributed by atoms with Crippen molar-refractivity contribution in [3.8, 4) is 0 Å². The molecule has 1 N–H and O–H groups in total. The van der Waals surface area contributed by atoms with Gasteiger partial charge in [-0.3, -0.25) is 4.79 Å². The number of hydrogen-bond donors (Lipinski definition) is 1. The maximum absolute atomic E-state index is 12.7. The predicted octanol–water partition coefficient (Wildman–Crippen LogP) is 0.356. The molecular weight excluding hydrogens is 314 g/mol. The number of amides is 1. The van der Waals surface area contributed by atoms with Crippen molar-refractivity contribution in [2.75, 3.05) is 39.3 Å². The second-order valence-electron chi connectivity index (χ2n) is 6.33. The molecule has 2 heterocycles. The van der Waals surface area contributed by atoms with E-state index in [1.54, 1.807) is 17.0 Å². The van der Waals surface area contributed by atoms with E-state index in [1.165, 1.54) is 4.31 Å².